The summed E-state index contributed by atoms with van der Waals surface area (Å²) in [5.74, 6) is -0.120. The molecule has 3 heterocycles. The Kier molecular flexibility index (Phi) is 5.99. The summed E-state index contributed by atoms with van der Waals surface area (Å²) in [7, 11) is 0. The summed E-state index contributed by atoms with van der Waals surface area (Å²) >= 11 is 0. The van der Waals surface area contributed by atoms with Crippen LogP contribution in [-0.2, 0) is 13.0 Å². The Hall–Kier alpha value is -4.72. The van der Waals surface area contributed by atoms with E-state index >= 15 is 0 Å². The van der Waals surface area contributed by atoms with Gasteiger partial charge in [0.05, 0.1) is 35.3 Å². The van der Waals surface area contributed by atoms with Gasteiger partial charge >= 0.3 is 6.03 Å². The minimum absolute atomic E-state index is 0.0750. The van der Waals surface area contributed by atoms with E-state index in [9.17, 15) is 13.6 Å². The Morgan fingerprint density at radius 3 is 2.53 bits per heavy atom. The van der Waals surface area contributed by atoms with E-state index in [1.807, 2.05) is 64.8 Å². The van der Waals surface area contributed by atoms with E-state index in [1.54, 1.807) is 29.2 Å². The van der Waals surface area contributed by atoms with Crippen LogP contribution in [0.25, 0.3) is 11.5 Å². The highest BCUT2D eigenvalue weighted by molar-refractivity contribution is 5.90. The van der Waals surface area contributed by atoms with Crippen LogP contribution in [-0.4, -0.2) is 25.3 Å². The molecule has 2 aromatic heterocycles. The number of aromatic nitrogens is 3. The van der Waals surface area contributed by atoms with Crippen LogP contribution in [0.1, 0.15) is 35.5 Å². The maximum atomic E-state index is 14.5. The number of amides is 2. The average Bonchev–Trinajstić information content (AvgIpc) is 3.51. The second-order valence-corrected chi connectivity index (χ2v) is 9.15. The first kappa shape index (κ1) is 23.7. The molecular weight excluding hydrogens is 484 g/mol. The molecule has 1 unspecified atom stereocenters. The van der Waals surface area contributed by atoms with E-state index in [4.69, 9.17) is 5.10 Å². The van der Waals surface area contributed by atoms with Crippen molar-refractivity contribution in [3.63, 3.8) is 0 Å². The number of carbonyl (C=O) groups is 1. The normalized spacial score (nSPS) is 14.5. The van der Waals surface area contributed by atoms with Crippen molar-refractivity contribution >= 4 is 11.7 Å². The van der Waals surface area contributed by atoms with Crippen molar-refractivity contribution in [3.05, 3.63) is 131 Å². The molecule has 1 atom stereocenters. The first-order valence-electron chi connectivity index (χ1n) is 12.5. The lowest BCUT2D eigenvalue weighted by Gasteiger charge is -2.31. The summed E-state index contributed by atoms with van der Waals surface area (Å²) < 4.78 is 32.9. The number of hydrogen-bond donors (Lipinski definition) is 1. The van der Waals surface area contributed by atoms with E-state index in [2.05, 4.69) is 5.32 Å². The van der Waals surface area contributed by atoms with Gasteiger partial charge in [0.25, 0.3) is 0 Å². The average molecular weight is 510 g/mol. The maximum absolute atomic E-state index is 14.5. The Morgan fingerprint density at radius 1 is 0.974 bits per heavy atom. The van der Waals surface area contributed by atoms with Crippen LogP contribution < -0.4 is 5.32 Å². The van der Waals surface area contributed by atoms with Gasteiger partial charge in [0.2, 0.25) is 0 Å². The molecule has 1 aliphatic heterocycles. The molecule has 0 saturated heterocycles. The van der Waals surface area contributed by atoms with E-state index < -0.39 is 23.7 Å². The lowest BCUT2D eigenvalue weighted by molar-refractivity contribution is 0.194. The standard InChI is InChI=1S/C30H25F2N5O/c1-2-25-23-19-36(30(38)33-26-15-7-6-14-24(26)32)28(20-10-8-11-21(31)18-20)27-16-9-17-35(27)29(23)37(34-25)22-12-4-3-5-13-22/h3-18,28H,2,19H2,1H3,(H,33,38). The summed E-state index contributed by atoms with van der Waals surface area (Å²) in [5.41, 5.74) is 4.04. The lowest BCUT2D eigenvalue weighted by atomic mass is 10.0. The number of anilines is 1. The van der Waals surface area contributed by atoms with Crippen LogP contribution in [0.5, 0.6) is 0 Å². The van der Waals surface area contributed by atoms with Gasteiger partial charge in [0.15, 0.2) is 0 Å². The number of aryl methyl sites for hydroxylation is 1. The number of hydrogen-bond acceptors (Lipinski definition) is 2. The fourth-order valence-electron chi connectivity index (χ4n) is 5.13. The molecule has 38 heavy (non-hydrogen) atoms. The van der Waals surface area contributed by atoms with Crippen LogP contribution in [0.3, 0.4) is 0 Å². The molecule has 0 bridgehead atoms. The fraction of sp³-hybridized carbons (Fsp3) is 0.133. The highest BCUT2D eigenvalue weighted by atomic mass is 19.1. The van der Waals surface area contributed by atoms with Gasteiger partial charge in [-0.25, -0.2) is 18.3 Å². The minimum Gasteiger partial charge on any atom is -0.307 e. The fourth-order valence-corrected chi connectivity index (χ4v) is 5.13. The van der Waals surface area contributed by atoms with Crippen LogP contribution in [0.15, 0.2) is 97.2 Å². The molecule has 8 heteroatoms. The number of halogens is 2. The highest BCUT2D eigenvalue weighted by Gasteiger charge is 2.36. The zero-order chi connectivity index (χ0) is 26.2. The Morgan fingerprint density at radius 2 is 1.76 bits per heavy atom. The number of nitrogens with one attached hydrogen (secondary N) is 1. The number of nitrogens with zero attached hydrogens (tertiary/aromatic N) is 4. The molecule has 0 aliphatic carbocycles. The molecule has 0 spiro atoms. The summed E-state index contributed by atoms with van der Waals surface area (Å²) in [4.78, 5) is 15.5. The van der Waals surface area contributed by atoms with E-state index in [-0.39, 0.29) is 12.2 Å². The molecule has 190 valence electrons. The molecule has 6 nitrogen and oxygen atoms in total. The molecule has 3 aromatic carbocycles. The zero-order valence-electron chi connectivity index (χ0n) is 20.7. The number of carbonyl (C=O) groups excluding carboxylic acids is 1. The summed E-state index contributed by atoms with van der Waals surface area (Å²) in [6.45, 7) is 2.21. The van der Waals surface area contributed by atoms with Crippen LogP contribution >= 0.6 is 0 Å². The molecule has 6 rings (SSSR count). The second-order valence-electron chi connectivity index (χ2n) is 9.15. The van der Waals surface area contributed by atoms with E-state index in [0.717, 1.165) is 28.5 Å². The molecule has 2 amide bonds. The minimum atomic E-state index is -0.645. The zero-order valence-corrected chi connectivity index (χ0v) is 20.7. The Bertz CT molecular complexity index is 1620. The molecule has 0 radical (unpaired) electrons. The van der Waals surface area contributed by atoms with E-state index in [1.165, 1.54) is 24.3 Å². The molecule has 1 aliphatic rings. The predicted octanol–water partition coefficient (Wildman–Crippen LogP) is 6.64. The molecular formula is C30H25F2N5O. The number of urea groups is 1. The largest absolute Gasteiger partial charge is 0.323 e. The van der Waals surface area contributed by atoms with Crippen LogP contribution in [0.2, 0.25) is 0 Å². The number of para-hydroxylation sites is 2. The third-order valence-electron chi connectivity index (χ3n) is 6.84. The summed E-state index contributed by atoms with van der Waals surface area (Å²) in [5, 5.41) is 7.66. The third kappa shape index (κ3) is 4.04. The Labute approximate surface area is 218 Å². The van der Waals surface area contributed by atoms with Gasteiger partial charge < -0.3 is 14.8 Å². The van der Waals surface area contributed by atoms with Crippen molar-refractivity contribution in [2.24, 2.45) is 0 Å². The van der Waals surface area contributed by atoms with Crippen LogP contribution in [0.4, 0.5) is 19.3 Å². The van der Waals surface area contributed by atoms with Crippen molar-refractivity contribution in [1.29, 1.82) is 0 Å². The number of rotatable bonds is 4. The van der Waals surface area contributed by atoms with Crippen molar-refractivity contribution < 1.29 is 13.6 Å². The monoisotopic (exact) mass is 509 g/mol. The van der Waals surface area contributed by atoms with Gasteiger partial charge in [-0.3, -0.25) is 0 Å². The third-order valence-corrected chi connectivity index (χ3v) is 6.84. The lowest BCUT2D eigenvalue weighted by Crippen LogP contribution is -2.38. The first-order valence-corrected chi connectivity index (χ1v) is 12.5. The van der Waals surface area contributed by atoms with Crippen molar-refractivity contribution in [1.82, 2.24) is 19.2 Å². The van der Waals surface area contributed by atoms with Crippen molar-refractivity contribution in [2.45, 2.75) is 25.9 Å². The van der Waals surface area contributed by atoms with Crippen LogP contribution in [0, 0.1) is 11.6 Å². The van der Waals surface area contributed by atoms with Crippen molar-refractivity contribution in [2.75, 3.05) is 5.32 Å². The highest BCUT2D eigenvalue weighted by Crippen LogP contribution is 2.39. The first-order chi connectivity index (χ1) is 18.5. The van der Waals surface area contributed by atoms with Gasteiger partial charge in [0, 0.05) is 11.8 Å². The van der Waals surface area contributed by atoms with Gasteiger partial charge in [0.1, 0.15) is 17.5 Å². The smallest absolute Gasteiger partial charge is 0.307 e. The second kappa shape index (κ2) is 9.63. The summed E-state index contributed by atoms with van der Waals surface area (Å²) in [6, 6.07) is 24.8. The quantitative estimate of drug-likeness (QED) is 0.295. The number of benzene rings is 3. The Balaban J connectivity index is 1.57. The molecule has 5 aromatic rings. The molecule has 1 N–H and O–H groups in total. The van der Waals surface area contributed by atoms with Gasteiger partial charge in [-0.05, 0) is 60.5 Å². The summed E-state index contributed by atoms with van der Waals surface area (Å²) in [6.07, 6.45) is 2.57. The number of fused-ring (bicyclic) bond motifs is 3. The maximum Gasteiger partial charge on any atom is 0.323 e. The molecule has 0 fully saturated rings. The SMILES string of the molecule is CCc1nn(-c2ccccc2)c2c1CN(C(=O)Nc1ccccc1F)C(c1cccc(F)c1)c1cccn1-2. The predicted molar refractivity (Wildman–Crippen MR) is 141 cm³/mol. The van der Waals surface area contributed by atoms with Gasteiger partial charge in [-0.1, -0.05) is 49.4 Å². The van der Waals surface area contributed by atoms with Gasteiger partial charge in [-0.15, -0.1) is 0 Å². The van der Waals surface area contributed by atoms with Gasteiger partial charge in [-0.2, -0.15) is 5.10 Å². The van der Waals surface area contributed by atoms with Crippen molar-refractivity contribution in [3.8, 4) is 11.5 Å². The van der Waals surface area contributed by atoms with E-state index in [0.29, 0.717) is 12.0 Å². The topological polar surface area (TPSA) is 55.1 Å². The molecule has 0 saturated carbocycles.